The molecule has 0 bridgehead atoms. The van der Waals surface area contributed by atoms with Gasteiger partial charge in [0, 0.05) is 12.1 Å². The van der Waals surface area contributed by atoms with Gasteiger partial charge in [-0.3, -0.25) is 14.9 Å². The molecule has 1 N–H and O–H groups in total. The third-order valence-corrected chi connectivity index (χ3v) is 3.16. The molecule has 0 radical (unpaired) electrons. The zero-order chi connectivity index (χ0) is 17.5. The quantitative estimate of drug-likeness (QED) is 0.498. The first kappa shape index (κ1) is 17.0. The fraction of sp³-hybridized carbons (Fsp3) is 0.0556. The first-order chi connectivity index (χ1) is 11.5. The molecule has 2 aromatic carbocycles. The van der Waals surface area contributed by atoms with Crippen LogP contribution in [0.15, 0.2) is 54.6 Å². The summed E-state index contributed by atoms with van der Waals surface area (Å²) in [5, 5.41) is 20.2. The Labute approximate surface area is 138 Å². The predicted molar refractivity (Wildman–Crippen MR) is 90.8 cm³/mol. The summed E-state index contributed by atoms with van der Waals surface area (Å²) in [5.41, 5.74) is 1.23. The van der Waals surface area contributed by atoms with Gasteiger partial charge in [0.1, 0.15) is 0 Å². The van der Waals surface area contributed by atoms with Crippen LogP contribution < -0.4 is 4.74 Å². The molecule has 0 saturated heterocycles. The summed E-state index contributed by atoms with van der Waals surface area (Å²) in [6.45, 7) is 0. The maximum absolute atomic E-state index is 11.8. The molecule has 0 unspecified atom stereocenters. The number of hydrogen-bond acceptors (Lipinski definition) is 5. The van der Waals surface area contributed by atoms with Crippen LogP contribution >= 0.6 is 0 Å². The Morgan fingerprint density at radius 1 is 1.12 bits per heavy atom. The average molecular weight is 325 g/mol. The number of rotatable bonds is 6. The molecule has 0 heterocycles. The number of aromatic hydroxyl groups is 1. The number of allylic oxidation sites excluding steroid dienone is 2. The van der Waals surface area contributed by atoms with E-state index in [9.17, 15) is 20.0 Å². The van der Waals surface area contributed by atoms with Crippen LogP contribution in [-0.4, -0.2) is 22.9 Å². The lowest BCUT2D eigenvalue weighted by molar-refractivity contribution is -0.384. The number of benzene rings is 2. The van der Waals surface area contributed by atoms with Crippen LogP contribution in [0.5, 0.6) is 11.5 Å². The largest absolute Gasteiger partial charge is 0.504 e. The number of ketones is 1. The van der Waals surface area contributed by atoms with Crippen LogP contribution in [-0.2, 0) is 4.79 Å². The highest BCUT2D eigenvalue weighted by atomic mass is 16.6. The summed E-state index contributed by atoms with van der Waals surface area (Å²) in [7, 11) is 1.44. The fourth-order valence-electron chi connectivity index (χ4n) is 1.95. The van der Waals surface area contributed by atoms with Crippen molar-refractivity contribution < 1.29 is 19.6 Å². The number of phenolic OH excluding ortho intramolecular Hbond substituents is 1. The molecule has 0 aliphatic carbocycles. The van der Waals surface area contributed by atoms with Gasteiger partial charge in [-0.2, -0.15) is 0 Å². The third kappa shape index (κ3) is 4.54. The van der Waals surface area contributed by atoms with Crippen molar-refractivity contribution in [2.45, 2.75) is 0 Å². The number of methoxy groups -OCH3 is 1. The Morgan fingerprint density at radius 2 is 1.79 bits per heavy atom. The van der Waals surface area contributed by atoms with Gasteiger partial charge >= 0.3 is 0 Å². The van der Waals surface area contributed by atoms with E-state index in [4.69, 9.17) is 4.74 Å². The zero-order valence-electron chi connectivity index (χ0n) is 12.9. The van der Waals surface area contributed by atoms with Gasteiger partial charge in [0.25, 0.3) is 5.69 Å². The number of phenols is 1. The van der Waals surface area contributed by atoms with Crippen molar-refractivity contribution in [3.63, 3.8) is 0 Å². The average Bonchev–Trinajstić information content (AvgIpc) is 2.59. The molecule has 2 aromatic rings. The Balaban J connectivity index is 2.07. The molecule has 0 fully saturated rings. The van der Waals surface area contributed by atoms with Gasteiger partial charge in [-0.1, -0.05) is 30.4 Å². The van der Waals surface area contributed by atoms with Crippen molar-refractivity contribution >= 4 is 23.6 Å². The number of nitro benzene ring substituents is 1. The van der Waals surface area contributed by atoms with Crippen LogP contribution in [0.2, 0.25) is 0 Å². The van der Waals surface area contributed by atoms with Gasteiger partial charge in [-0.05, 0) is 35.4 Å². The number of non-ortho nitro benzene ring substituents is 1. The van der Waals surface area contributed by atoms with Crippen molar-refractivity contribution in [2.75, 3.05) is 7.11 Å². The Hall–Kier alpha value is -3.41. The van der Waals surface area contributed by atoms with Gasteiger partial charge in [0.2, 0.25) is 0 Å². The number of hydrogen-bond donors (Lipinski definition) is 1. The van der Waals surface area contributed by atoms with E-state index in [1.165, 1.54) is 43.5 Å². The summed E-state index contributed by atoms with van der Waals surface area (Å²) in [6, 6.07) is 10.7. The SMILES string of the molecule is COc1cc(C=CC(=O)C=Cc2cccc([N+](=O)[O-])c2)ccc1O. The first-order valence-corrected chi connectivity index (χ1v) is 7.01. The summed E-state index contributed by atoms with van der Waals surface area (Å²) in [4.78, 5) is 22.1. The first-order valence-electron chi connectivity index (χ1n) is 7.01. The summed E-state index contributed by atoms with van der Waals surface area (Å²) < 4.78 is 4.99. The van der Waals surface area contributed by atoms with E-state index in [1.54, 1.807) is 30.3 Å². The highest BCUT2D eigenvalue weighted by Crippen LogP contribution is 2.26. The second-order valence-electron chi connectivity index (χ2n) is 4.85. The van der Waals surface area contributed by atoms with Gasteiger partial charge in [0.15, 0.2) is 17.3 Å². The molecule has 6 nitrogen and oxygen atoms in total. The van der Waals surface area contributed by atoms with E-state index in [2.05, 4.69) is 0 Å². The number of carbonyl (C=O) groups is 1. The summed E-state index contributed by atoms with van der Waals surface area (Å²) in [5.74, 6) is 0.0665. The van der Waals surface area contributed by atoms with Crippen molar-refractivity contribution in [1.29, 1.82) is 0 Å². The monoisotopic (exact) mass is 325 g/mol. The van der Waals surface area contributed by atoms with Gasteiger partial charge in [0.05, 0.1) is 12.0 Å². The van der Waals surface area contributed by atoms with Crippen LogP contribution in [0.4, 0.5) is 5.69 Å². The van der Waals surface area contributed by atoms with Crippen LogP contribution in [0.3, 0.4) is 0 Å². The van der Waals surface area contributed by atoms with Crippen molar-refractivity contribution in [3.05, 3.63) is 75.9 Å². The second kappa shape index (κ2) is 7.73. The normalized spacial score (nSPS) is 11.0. The van der Waals surface area contributed by atoms with Crippen molar-refractivity contribution in [1.82, 2.24) is 0 Å². The van der Waals surface area contributed by atoms with Gasteiger partial charge in [-0.25, -0.2) is 0 Å². The molecule has 0 atom stereocenters. The standard InChI is InChI=1S/C18H15NO5/c1-24-18-12-14(7-10-17(18)21)6-9-16(20)8-5-13-3-2-4-15(11-13)19(22)23/h2-12,21H,1H3. The maximum atomic E-state index is 11.8. The fourth-order valence-corrected chi connectivity index (χ4v) is 1.95. The number of nitrogens with zero attached hydrogens (tertiary/aromatic N) is 1. The molecule has 0 aliphatic heterocycles. The van der Waals surface area contributed by atoms with E-state index < -0.39 is 4.92 Å². The minimum Gasteiger partial charge on any atom is -0.504 e. The number of ether oxygens (including phenoxy) is 1. The third-order valence-electron chi connectivity index (χ3n) is 3.16. The lowest BCUT2D eigenvalue weighted by Crippen LogP contribution is -1.88. The highest BCUT2D eigenvalue weighted by molar-refractivity contribution is 6.04. The zero-order valence-corrected chi connectivity index (χ0v) is 12.9. The molecule has 122 valence electrons. The molecule has 2 rings (SSSR count). The van der Waals surface area contributed by atoms with Crippen molar-refractivity contribution in [3.8, 4) is 11.5 Å². The maximum Gasteiger partial charge on any atom is 0.270 e. The van der Waals surface area contributed by atoms with Crippen molar-refractivity contribution in [2.24, 2.45) is 0 Å². The Bertz CT molecular complexity index is 824. The van der Waals surface area contributed by atoms with Crippen LogP contribution in [0.1, 0.15) is 11.1 Å². The van der Waals surface area contributed by atoms with Crippen LogP contribution in [0, 0.1) is 10.1 Å². The van der Waals surface area contributed by atoms with Crippen LogP contribution in [0.25, 0.3) is 12.2 Å². The Morgan fingerprint density at radius 3 is 2.42 bits per heavy atom. The molecule has 0 spiro atoms. The molecule has 0 saturated carbocycles. The molecular formula is C18H15NO5. The van der Waals surface area contributed by atoms with E-state index >= 15 is 0 Å². The second-order valence-corrected chi connectivity index (χ2v) is 4.85. The smallest absolute Gasteiger partial charge is 0.270 e. The lowest BCUT2D eigenvalue weighted by Gasteiger charge is -2.03. The van der Waals surface area contributed by atoms with E-state index in [-0.39, 0.29) is 17.2 Å². The van der Waals surface area contributed by atoms with Gasteiger partial charge in [-0.15, -0.1) is 0 Å². The number of carbonyl (C=O) groups excluding carboxylic acids is 1. The molecular weight excluding hydrogens is 310 g/mol. The number of nitro groups is 1. The molecule has 6 heteroatoms. The van der Waals surface area contributed by atoms with E-state index in [0.29, 0.717) is 16.9 Å². The topological polar surface area (TPSA) is 89.7 Å². The molecule has 0 aromatic heterocycles. The molecule has 24 heavy (non-hydrogen) atoms. The van der Waals surface area contributed by atoms with Gasteiger partial charge < -0.3 is 9.84 Å². The van der Waals surface area contributed by atoms with E-state index in [0.717, 1.165) is 0 Å². The lowest BCUT2D eigenvalue weighted by atomic mass is 10.1. The Kier molecular flexibility index (Phi) is 5.46. The minimum absolute atomic E-state index is 0.0199. The molecule has 0 amide bonds. The predicted octanol–water partition coefficient (Wildman–Crippen LogP) is 3.60. The molecule has 0 aliphatic rings. The summed E-state index contributed by atoms with van der Waals surface area (Å²) >= 11 is 0. The minimum atomic E-state index is -0.489. The highest BCUT2D eigenvalue weighted by Gasteiger charge is 2.04. The van der Waals surface area contributed by atoms with E-state index in [1.807, 2.05) is 0 Å². The summed E-state index contributed by atoms with van der Waals surface area (Å²) in [6.07, 6.45) is 5.78.